The summed E-state index contributed by atoms with van der Waals surface area (Å²) in [5.41, 5.74) is 2.14. The van der Waals surface area contributed by atoms with E-state index in [2.05, 4.69) is 15.0 Å². The number of anilines is 1. The lowest BCUT2D eigenvalue weighted by atomic mass is 10.2. The molecular formula is C12H15N3O. The van der Waals surface area contributed by atoms with Crippen LogP contribution in [0.25, 0.3) is 11.4 Å². The van der Waals surface area contributed by atoms with E-state index in [1.807, 2.05) is 45.3 Å². The molecule has 84 valence electrons. The predicted molar refractivity (Wildman–Crippen MR) is 63.4 cm³/mol. The maximum Gasteiger partial charge on any atom is 0.226 e. The summed E-state index contributed by atoms with van der Waals surface area (Å²) in [7, 11) is 4.02. The molecule has 0 N–H and O–H groups in total. The molecule has 0 amide bonds. The summed E-state index contributed by atoms with van der Waals surface area (Å²) >= 11 is 0. The van der Waals surface area contributed by atoms with Gasteiger partial charge in [0.15, 0.2) is 0 Å². The molecule has 2 rings (SSSR count). The van der Waals surface area contributed by atoms with Crippen LogP contribution in [0, 0.1) is 0 Å². The Labute approximate surface area is 94.9 Å². The first kappa shape index (κ1) is 10.7. The van der Waals surface area contributed by atoms with Gasteiger partial charge in [0.1, 0.15) is 0 Å². The van der Waals surface area contributed by atoms with Gasteiger partial charge in [-0.1, -0.05) is 12.1 Å². The van der Waals surface area contributed by atoms with Crippen molar-refractivity contribution in [3.8, 4) is 11.4 Å². The van der Waals surface area contributed by atoms with Gasteiger partial charge in [-0.2, -0.15) is 4.98 Å². The van der Waals surface area contributed by atoms with Gasteiger partial charge in [0.05, 0.1) is 0 Å². The maximum atomic E-state index is 5.07. The normalized spacial score (nSPS) is 10.4. The monoisotopic (exact) mass is 217 g/mol. The van der Waals surface area contributed by atoms with Gasteiger partial charge in [-0.05, 0) is 24.3 Å². The largest absolute Gasteiger partial charge is 0.378 e. The molecule has 0 aliphatic rings. The maximum absolute atomic E-state index is 5.07. The van der Waals surface area contributed by atoms with Gasteiger partial charge in [-0.25, -0.2) is 0 Å². The summed E-state index contributed by atoms with van der Waals surface area (Å²) in [6, 6.07) is 8.08. The molecular weight excluding hydrogens is 202 g/mol. The van der Waals surface area contributed by atoms with E-state index in [0.717, 1.165) is 17.7 Å². The van der Waals surface area contributed by atoms with Crippen LogP contribution in [0.3, 0.4) is 0 Å². The van der Waals surface area contributed by atoms with Crippen LogP contribution in [0.1, 0.15) is 12.8 Å². The molecule has 16 heavy (non-hydrogen) atoms. The minimum absolute atomic E-state index is 0.655. The lowest BCUT2D eigenvalue weighted by molar-refractivity contribution is 0.383. The molecule has 0 bridgehead atoms. The van der Waals surface area contributed by atoms with Crippen LogP contribution in [0.15, 0.2) is 28.8 Å². The minimum atomic E-state index is 0.655. The highest BCUT2D eigenvalue weighted by atomic mass is 16.5. The Hall–Kier alpha value is -1.84. The number of nitrogens with zero attached hydrogens (tertiary/aromatic N) is 3. The molecule has 1 aromatic heterocycles. The van der Waals surface area contributed by atoms with Crippen molar-refractivity contribution in [2.24, 2.45) is 0 Å². The fraction of sp³-hybridized carbons (Fsp3) is 0.333. The van der Waals surface area contributed by atoms with Gasteiger partial charge in [-0.15, -0.1) is 0 Å². The Bertz CT molecular complexity index is 459. The second kappa shape index (κ2) is 4.35. The Morgan fingerprint density at radius 2 is 1.88 bits per heavy atom. The molecule has 0 unspecified atom stereocenters. The number of hydrogen-bond acceptors (Lipinski definition) is 4. The van der Waals surface area contributed by atoms with Crippen LogP contribution in [-0.4, -0.2) is 24.2 Å². The number of hydrogen-bond donors (Lipinski definition) is 0. The highest BCUT2D eigenvalue weighted by Gasteiger charge is 2.06. The van der Waals surface area contributed by atoms with E-state index in [0.29, 0.717) is 11.7 Å². The van der Waals surface area contributed by atoms with E-state index in [4.69, 9.17) is 4.52 Å². The number of aryl methyl sites for hydroxylation is 1. The lowest BCUT2D eigenvalue weighted by Crippen LogP contribution is -2.07. The summed E-state index contributed by atoms with van der Waals surface area (Å²) in [5.74, 6) is 1.33. The molecule has 1 heterocycles. The minimum Gasteiger partial charge on any atom is -0.378 e. The van der Waals surface area contributed by atoms with Crippen LogP contribution in [0.2, 0.25) is 0 Å². The van der Waals surface area contributed by atoms with Crippen LogP contribution < -0.4 is 4.90 Å². The number of rotatable bonds is 3. The zero-order valence-electron chi connectivity index (χ0n) is 9.77. The van der Waals surface area contributed by atoms with Crippen molar-refractivity contribution in [3.63, 3.8) is 0 Å². The van der Waals surface area contributed by atoms with E-state index in [1.54, 1.807) is 0 Å². The van der Waals surface area contributed by atoms with Gasteiger partial charge >= 0.3 is 0 Å². The molecule has 0 saturated carbocycles. The number of benzene rings is 1. The SMILES string of the molecule is CCc1nc(-c2ccc(N(C)C)cc2)no1. The molecule has 0 radical (unpaired) electrons. The summed E-state index contributed by atoms with van der Waals surface area (Å²) in [4.78, 5) is 6.34. The van der Waals surface area contributed by atoms with Crippen molar-refractivity contribution in [2.45, 2.75) is 13.3 Å². The molecule has 2 aromatic rings. The molecule has 4 nitrogen and oxygen atoms in total. The first-order valence-electron chi connectivity index (χ1n) is 5.31. The third-order valence-corrected chi connectivity index (χ3v) is 2.41. The zero-order valence-corrected chi connectivity index (χ0v) is 9.77. The summed E-state index contributed by atoms with van der Waals surface area (Å²) in [6.45, 7) is 1.99. The Balaban J connectivity index is 2.27. The van der Waals surface area contributed by atoms with Crippen molar-refractivity contribution in [3.05, 3.63) is 30.2 Å². The highest BCUT2D eigenvalue weighted by Crippen LogP contribution is 2.19. The van der Waals surface area contributed by atoms with Crippen LogP contribution in [0.4, 0.5) is 5.69 Å². The van der Waals surface area contributed by atoms with E-state index in [9.17, 15) is 0 Å². The van der Waals surface area contributed by atoms with Gasteiger partial charge in [0.25, 0.3) is 0 Å². The van der Waals surface area contributed by atoms with Crippen molar-refractivity contribution < 1.29 is 4.52 Å². The number of aromatic nitrogens is 2. The average Bonchev–Trinajstić information content (AvgIpc) is 2.77. The molecule has 0 fully saturated rings. The first-order valence-corrected chi connectivity index (χ1v) is 5.31. The third kappa shape index (κ3) is 2.05. The van der Waals surface area contributed by atoms with Crippen LogP contribution in [-0.2, 0) is 6.42 Å². The summed E-state index contributed by atoms with van der Waals surface area (Å²) in [6.07, 6.45) is 0.767. The highest BCUT2D eigenvalue weighted by molar-refractivity contribution is 5.59. The van der Waals surface area contributed by atoms with E-state index < -0.39 is 0 Å². The van der Waals surface area contributed by atoms with Crippen molar-refractivity contribution >= 4 is 5.69 Å². The predicted octanol–water partition coefficient (Wildman–Crippen LogP) is 2.37. The Morgan fingerprint density at radius 1 is 1.19 bits per heavy atom. The van der Waals surface area contributed by atoms with Crippen molar-refractivity contribution in [1.82, 2.24) is 10.1 Å². The van der Waals surface area contributed by atoms with Gasteiger partial charge in [-0.3, -0.25) is 0 Å². The second-order valence-electron chi connectivity index (χ2n) is 3.81. The molecule has 0 saturated heterocycles. The zero-order chi connectivity index (χ0) is 11.5. The quantitative estimate of drug-likeness (QED) is 0.791. The average molecular weight is 217 g/mol. The van der Waals surface area contributed by atoms with Crippen LogP contribution >= 0.6 is 0 Å². The van der Waals surface area contributed by atoms with Crippen molar-refractivity contribution in [2.75, 3.05) is 19.0 Å². The van der Waals surface area contributed by atoms with E-state index in [1.165, 1.54) is 0 Å². The second-order valence-corrected chi connectivity index (χ2v) is 3.81. The fourth-order valence-electron chi connectivity index (χ4n) is 1.42. The third-order valence-electron chi connectivity index (χ3n) is 2.41. The molecule has 0 spiro atoms. The lowest BCUT2D eigenvalue weighted by Gasteiger charge is -2.11. The van der Waals surface area contributed by atoms with Gasteiger partial charge in [0, 0.05) is 31.8 Å². The van der Waals surface area contributed by atoms with E-state index >= 15 is 0 Å². The molecule has 0 atom stereocenters. The summed E-state index contributed by atoms with van der Waals surface area (Å²) in [5, 5.41) is 3.93. The Morgan fingerprint density at radius 3 is 2.38 bits per heavy atom. The first-order chi connectivity index (χ1) is 7.70. The van der Waals surface area contributed by atoms with E-state index in [-0.39, 0.29) is 0 Å². The van der Waals surface area contributed by atoms with Crippen LogP contribution in [0.5, 0.6) is 0 Å². The smallest absolute Gasteiger partial charge is 0.226 e. The standard InChI is InChI=1S/C12H15N3O/c1-4-11-13-12(14-16-11)9-5-7-10(8-6-9)15(2)3/h5-8H,4H2,1-3H3. The van der Waals surface area contributed by atoms with Gasteiger partial charge < -0.3 is 9.42 Å². The summed E-state index contributed by atoms with van der Waals surface area (Å²) < 4.78 is 5.07. The Kier molecular flexibility index (Phi) is 2.90. The van der Waals surface area contributed by atoms with Crippen molar-refractivity contribution in [1.29, 1.82) is 0 Å². The fourth-order valence-corrected chi connectivity index (χ4v) is 1.42. The van der Waals surface area contributed by atoms with Gasteiger partial charge in [0.2, 0.25) is 11.7 Å². The molecule has 1 aromatic carbocycles. The molecule has 0 aliphatic carbocycles. The molecule has 0 aliphatic heterocycles. The molecule has 4 heteroatoms. The topological polar surface area (TPSA) is 42.2 Å².